The Kier molecular flexibility index (Phi) is 2.30. The molecule has 1 fully saturated rings. The second-order valence-electron chi connectivity index (χ2n) is 5.13. The lowest BCUT2D eigenvalue weighted by Crippen LogP contribution is -2.46. The number of rotatable bonds is 0. The Balaban J connectivity index is 2.10. The molecule has 0 saturated carbocycles. The third-order valence-electron chi connectivity index (χ3n) is 3.95. The summed E-state index contributed by atoms with van der Waals surface area (Å²) in [5.41, 5.74) is 5.73. The van der Waals surface area contributed by atoms with Gasteiger partial charge in [-0.3, -0.25) is 0 Å². The molecule has 0 amide bonds. The van der Waals surface area contributed by atoms with E-state index in [0.29, 0.717) is 0 Å². The summed E-state index contributed by atoms with van der Waals surface area (Å²) in [7, 11) is 0. The Hall–Kier alpha value is -0.860. The van der Waals surface area contributed by atoms with Crippen LogP contribution in [0.15, 0.2) is 12.1 Å². The quantitative estimate of drug-likeness (QED) is 0.718. The standard InChI is InChI=1S/C14H19NO/c1-10-7-11(2)12-3-4-14(13(12)8-10)9-15-5-6-16-14/h7-8,15H,3-6,9H2,1-2H3. The predicted molar refractivity (Wildman–Crippen MR) is 64.7 cm³/mol. The summed E-state index contributed by atoms with van der Waals surface area (Å²) in [6.07, 6.45) is 2.31. The number of nitrogens with one attached hydrogen (secondary N) is 1. The third-order valence-corrected chi connectivity index (χ3v) is 3.95. The number of aryl methyl sites for hydroxylation is 2. The van der Waals surface area contributed by atoms with E-state index in [4.69, 9.17) is 4.74 Å². The fourth-order valence-corrected chi connectivity index (χ4v) is 3.19. The van der Waals surface area contributed by atoms with Crippen LogP contribution in [0, 0.1) is 13.8 Å². The molecule has 1 N–H and O–H groups in total. The minimum absolute atomic E-state index is 0.0234. The molecule has 1 saturated heterocycles. The number of fused-ring (bicyclic) bond motifs is 2. The molecule has 2 heteroatoms. The maximum absolute atomic E-state index is 6.10. The summed E-state index contributed by atoms with van der Waals surface area (Å²) in [4.78, 5) is 0. The van der Waals surface area contributed by atoms with Gasteiger partial charge in [0.15, 0.2) is 0 Å². The normalized spacial score (nSPS) is 28.4. The zero-order valence-electron chi connectivity index (χ0n) is 10.1. The lowest BCUT2D eigenvalue weighted by molar-refractivity contribution is -0.0695. The zero-order chi connectivity index (χ0) is 11.2. The first-order chi connectivity index (χ1) is 7.71. The first-order valence-electron chi connectivity index (χ1n) is 6.17. The molecular formula is C14H19NO. The van der Waals surface area contributed by atoms with Crippen molar-refractivity contribution in [3.63, 3.8) is 0 Å². The van der Waals surface area contributed by atoms with Gasteiger partial charge in [0.2, 0.25) is 0 Å². The summed E-state index contributed by atoms with van der Waals surface area (Å²) in [6.45, 7) is 7.20. The molecule has 2 nitrogen and oxygen atoms in total. The molecule has 1 aliphatic carbocycles. The van der Waals surface area contributed by atoms with Crippen molar-refractivity contribution in [3.8, 4) is 0 Å². The molecule has 1 heterocycles. The van der Waals surface area contributed by atoms with E-state index in [0.717, 1.165) is 26.1 Å². The van der Waals surface area contributed by atoms with Crippen LogP contribution >= 0.6 is 0 Å². The van der Waals surface area contributed by atoms with Crippen LogP contribution in [-0.2, 0) is 16.8 Å². The summed E-state index contributed by atoms with van der Waals surface area (Å²) in [5, 5.41) is 3.47. The highest BCUT2D eigenvalue weighted by atomic mass is 16.5. The molecule has 0 bridgehead atoms. The average molecular weight is 217 g/mol. The second-order valence-corrected chi connectivity index (χ2v) is 5.13. The van der Waals surface area contributed by atoms with Gasteiger partial charge >= 0.3 is 0 Å². The molecule has 1 aliphatic heterocycles. The van der Waals surface area contributed by atoms with Gasteiger partial charge in [-0.05, 0) is 43.4 Å². The molecule has 1 spiro atoms. The van der Waals surface area contributed by atoms with Crippen LogP contribution in [0.4, 0.5) is 0 Å². The Morgan fingerprint density at radius 1 is 1.31 bits per heavy atom. The van der Waals surface area contributed by atoms with E-state index in [9.17, 15) is 0 Å². The first-order valence-corrected chi connectivity index (χ1v) is 6.17. The highest BCUT2D eigenvalue weighted by Crippen LogP contribution is 2.42. The third kappa shape index (κ3) is 1.40. The Morgan fingerprint density at radius 3 is 2.94 bits per heavy atom. The van der Waals surface area contributed by atoms with E-state index in [1.807, 2.05) is 0 Å². The van der Waals surface area contributed by atoms with E-state index >= 15 is 0 Å². The largest absolute Gasteiger partial charge is 0.368 e. The van der Waals surface area contributed by atoms with Crippen LogP contribution in [0.5, 0.6) is 0 Å². The lowest BCUT2D eigenvalue weighted by atomic mass is 9.92. The number of morpholine rings is 1. The van der Waals surface area contributed by atoms with E-state index in [1.165, 1.54) is 28.7 Å². The molecule has 3 rings (SSSR count). The first kappa shape index (κ1) is 10.3. The summed E-state index contributed by atoms with van der Waals surface area (Å²) in [5.74, 6) is 0. The van der Waals surface area contributed by atoms with Crippen LogP contribution in [0.1, 0.15) is 28.7 Å². The highest BCUT2D eigenvalue weighted by molar-refractivity contribution is 5.45. The van der Waals surface area contributed by atoms with Gasteiger partial charge in [0.05, 0.1) is 6.61 Å². The molecule has 1 aromatic rings. The van der Waals surface area contributed by atoms with Gasteiger partial charge in [0, 0.05) is 13.1 Å². The van der Waals surface area contributed by atoms with Crippen molar-refractivity contribution >= 4 is 0 Å². The molecule has 1 aromatic carbocycles. The minimum Gasteiger partial charge on any atom is -0.368 e. The lowest BCUT2D eigenvalue weighted by Gasteiger charge is -2.35. The van der Waals surface area contributed by atoms with Crippen LogP contribution < -0.4 is 5.32 Å². The molecule has 1 unspecified atom stereocenters. The number of benzene rings is 1. The van der Waals surface area contributed by atoms with Gasteiger partial charge in [-0.1, -0.05) is 17.7 Å². The number of hydrogen-bond donors (Lipinski definition) is 1. The van der Waals surface area contributed by atoms with Crippen molar-refractivity contribution in [2.75, 3.05) is 19.7 Å². The Bertz CT molecular complexity index is 419. The van der Waals surface area contributed by atoms with Crippen molar-refractivity contribution in [2.45, 2.75) is 32.3 Å². The van der Waals surface area contributed by atoms with Crippen LogP contribution in [0.2, 0.25) is 0 Å². The Labute approximate surface area is 97.0 Å². The van der Waals surface area contributed by atoms with Crippen molar-refractivity contribution in [3.05, 3.63) is 34.4 Å². The van der Waals surface area contributed by atoms with Gasteiger partial charge < -0.3 is 10.1 Å². The summed E-state index contributed by atoms with van der Waals surface area (Å²) < 4.78 is 6.10. The maximum atomic E-state index is 6.10. The molecule has 0 aromatic heterocycles. The molecule has 16 heavy (non-hydrogen) atoms. The molecule has 1 atom stereocenters. The molecule has 86 valence electrons. The van der Waals surface area contributed by atoms with E-state index in [-0.39, 0.29) is 5.60 Å². The summed E-state index contributed by atoms with van der Waals surface area (Å²) in [6, 6.07) is 4.61. The SMILES string of the molecule is Cc1cc(C)c2c(c1)C1(CC2)CNCCO1. The van der Waals surface area contributed by atoms with E-state index < -0.39 is 0 Å². The van der Waals surface area contributed by atoms with Gasteiger partial charge in [0.25, 0.3) is 0 Å². The van der Waals surface area contributed by atoms with Gasteiger partial charge in [0.1, 0.15) is 5.60 Å². The van der Waals surface area contributed by atoms with Crippen LogP contribution in [0.3, 0.4) is 0 Å². The van der Waals surface area contributed by atoms with Crippen LogP contribution in [0.25, 0.3) is 0 Å². The van der Waals surface area contributed by atoms with Gasteiger partial charge in [-0.2, -0.15) is 0 Å². The highest BCUT2D eigenvalue weighted by Gasteiger charge is 2.41. The van der Waals surface area contributed by atoms with Crippen molar-refractivity contribution < 1.29 is 4.74 Å². The maximum Gasteiger partial charge on any atom is 0.106 e. The number of ether oxygens (including phenoxy) is 1. The molecule has 0 radical (unpaired) electrons. The minimum atomic E-state index is -0.0234. The molecular weight excluding hydrogens is 198 g/mol. The fourth-order valence-electron chi connectivity index (χ4n) is 3.19. The van der Waals surface area contributed by atoms with E-state index in [1.54, 1.807) is 0 Å². The summed E-state index contributed by atoms with van der Waals surface area (Å²) >= 11 is 0. The second kappa shape index (κ2) is 3.57. The van der Waals surface area contributed by atoms with Gasteiger partial charge in [-0.25, -0.2) is 0 Å². The van der Waals surface area contributed by atoms with Crippen molar-refractivity contribution in [2.24, 2.45) is 0 Å². The zero-order valence-corrected chi connectivity index (χ0v) is 10.1. The smallest absolute Gasteiger partial charge is 0.106 e. The fraction of sp³-hybridized carbons (Fsp3) is 0.571. The topological polar surface area (TPSA) is 21.3 Å². The van der Waals surface area contributed by atoms with E-state index in [2.05, 4.69) is 31.3 Å². The Morgan fingerprint density at radius 2 is 2.19 bits per heavy atom. The van der Waals surface area contributed by atoms with Crippen LogP contribution in [-0.4, -0.2) is 19.7 Å². The number of hydrogen-bond acceptors (Lipinski definition) is 2. The van der Waals surface area contributed by atoms with Gasteiger partial charge in [-0.15, -0.1) is 0 Å². The van der Waals surface area contributed by atoms with Crippen molar-refractivity contribution in [1.82, 2.24) is 5.32 Å². The average Bonchev–Trinajstić information content (AvgIpc) is 2.59. The molecule has 2 aliphatic rings. The predicted octanol–water partition coefficient (Wildman–Crippen LogP) is 2.06. The van der Waals surface area contributed by atoms with Crippen molar-refractivity contribution in [1.29, 1.82) is 0 Å². The monoisotopic (exact) mass is 217 g/mol.